The van der Waals surface area contributed by atoms with Crippen LogP contribution in [-0.4, -0.2) is 17.4 Å². The smallest absolute Gasteiger partial charge is 0.428 e. The van der Waals surface area contributed by atoms with Gasteiger partial charge in [-0.2, -0.15) is 0 Å². The number of ether oxygens (including phenoxy) is 2. The minimum absolute atomic E-state index is 0.612. The standard InChI is InChI=1S/C29H42O3/c1-7-9-11-23-13-17-25(18-14-23)21-28(3,4)31-27(30)32-29(5,6)22-26-19-15-24(16-20-26)12-10-8-2/h13-20H,7-12,21-22H2,1-6H3. The van der Waals surface area contributed by atoms with E-state index in [4.69, 9.17) is 9.47 Å². The van der Waals surface area contributed by atoms with Crippen LogP contribution in [0.15, 0.2) is 48.5 Å². The lowest BCUT2D eigenvalue weighted by Gasteiger charge is -2.29. The molecule has 0 fully saturated rings. The zero-order valence-electron chi connectivity index (χ0n) is 21.0. The molecular weight excluding hydrogens is 396 g/mol. The van der Waals surface area contributed by atoms with Crippen LogP contribution < -0.4 is 0 Å². The molecule has 0 aliphatic heterocycles. The summed E-state index contributed by atoms with van der Waals surface area (Å²) < 4.78 is 11.4. The van der Waals surface area contributed by atoms with Gasteiger partial charge in [-0.05, 0) is 75.6 Å². The van der Waals surface area contributed by atoms with E-state index in [1.54, 1.807) is 0 Å². The lowest BCUT2D eigenvalue weighted by Crippen LogP contribution is -2.36. The molecule has 0 aliphatic carbocycles. The maximum Gasteiger partial charge on any atom is 0.509 e. The van der Waals surface area contributed by atoms with Crippen LogP contribution >= 0.6 is 0 Å². The van der Waals surface area contributed by atoms with Gasteiger partial charge in [0.05, 0.1) is 0 Å². The van der Waals surface area contributed by atoms with E-state index in [-0.39, 0.29) is 0 Å². The predicted molar refractivity (Wildman–Crippen MR) is 133 cm³/mol. The highest BCUT2D eigenvalue weighted by Gasteiger charge is 2.29. The molecule has 0 N–H and O–H groups in total. The highest BCUT2D eigenvalue weighted by atomic mass is 16.7. The van der Waals surface area contributed by atoms with Crippen LogP contribution in [-0.2, 0) is 35.2 Å². The summed E-state index contributed by atoms with van der Waals surface area (Å²) in [6.45, 7) is 12.1. The number of benzene rings is 2. The van der Waals surface area contributed by atoms with Crippen molar-refractivity contribution in [2.45, 2.75) is 104 Å². The molecule has 3 heteroatoms. The second kappa shape index (κ2) is 12.1. The molecule has 3 nitrogen and oxygen atoms in total. The lowest BCUT2D eigenvalue weighted by atomic mass is 9.96. The largest absolute Gasteiger partial charge is 0.509 e. The molecule has 0 amide bonds. The van der Waals surface area contributed by atoms with Gasteiger partial charge in [-0.1, -0.05) is 75.2 Å². The first-order chi connectivity index (χ1) is 15.1. The number of hydrogen-bond acceptors (Lipinski definition) is 3. The summed E-state index contributed by atoms with van der Waals surface area (Å²) >= 11 is 0. The number of aryl methyl sites for hydroxylation is 2. The molecule has 0 saturated heterocycles. The van der Waals surface area contributed by atoms with E-state index >= 15 is 0 Å². The van der Waals surface area contributed by atoms with Crippen molar-refractivity contribution in [3.05, 3.63) is 70.8 Å². The van der Waals surface area contributed by atoms with Crippen LogP contribution in [0.25, 0.3) is 0 Å². The summed E-state index contributed by atoms with van der Waals surface area (Å²) in [5.41, 5.74) is 3.75. The zero-order valence-corrected chi connectivity index (χ0v) is 21.0. The van der Waals surface area contributed by atoms with Crippen LogP contribution in [0, 0.1) is 0 Å². The van der Waals surface area contributed by atoms with Crippen molar-refractivity contribution < 1.29 is 14.3 Å². The minimum Gasteiger partial charge on any atom is -0.428 e. The fourth-order valence-corrected chi connectivity index (χ4v) is 3.94. The number of hydrogen-bond donors (Lipinski definition) is 0. The van der Waals surface area contributed by atoms with Gasteiger partial charge in [-0.15, -0.1) is 0 Å². The number of carbonyl (C=O) groups is 1. The Morgan fingerprint density at radius 1 is 0.625 bits per heavy atom. The van der Waals surface area contributed by atoms with Crippen LogP contribution in [0.1, 0.15) is 89.5 Å². The maximum atomic E-state index is 12.6. The van der Waals surface area contributed by atoms with Crippen LogP contribution in [0.3, 0.4) is 0 Å². The molecule has 0 radical (unpaired) electrons. The van der Waals surface area contributed by atoms with E-state index in [1.807, 2.05) is 27.7 Å². The SMILES string of the molecule is CCCCc1ccc(CC(C)(C)OC(=O)OC(C)(C)Cc2ccc(CCCC)cc2)cc1. The van der Waals surface area contributed by atoms with Crippen LogP contribution in [0.5, 0.6) is 0 Å². The molecular formula is C29H42O3. The van der Waals surface area contributed by atoms with E-state index in [0.717, 1.165) is 24.0 Å². The third-order valence-electron chi connectivity index (χ3n) is 5.66. The molecule has 0 heterocycles. The Morgan fingerprint density at radius 3 is 1.25 bits per heavy atom. The maximum absolute atomic E-state index is 12.6. The molecule has 0 aliphatic rings. The molecule has 2 rings (SSSR count). The Balaban J connectivity index is 1.87. The molecule has 0 bridgehead atoms. The van der Waals surface area contributed by atoms with Crippen molar-refractivity contribution in [3.63, 3.8) is 0 Å². The highest BCUT2D eigenvalue weighted by Crippen LogP contribution is 2.23. The molecule has 0 aromatic heterocycles. The van der Waals surface area contributed by atoms with E-state index in [0.29, 0.717) is 12.8 Å². The third kappa shape index (κ3) is 9.46. The summed E-state index contributed by atoms with van der Waals surface area (Å²) in [4.78, 5) is 12.6. The van der Waals surface area contributed by atoms with Crippen molar-refractivity contribution in [2.75, 3.05) is 0 Å². The highest BCUT2D eigenvalue weighted by molar-refractivity contribution is 5.61. The first-order valence-electron chi connectivity index (χ1n) is 12.2. The fourth-order valence-electron chi connectivity index (χ4n) is 3.94. The lowest BCUT2D eigenvalue weighted by molar-refractivity contribution is -0.0582. The van der Waals surface area contributed by atoms with Gasteiger partial charge in [0.15, 0.2) is 0 Å². The van der Waals surface area contributed by atoms with Gasteiger partial charge in [-0.3, -0.25) is 0 Å². The van der Waals surface area contributed by atoms with E-state index < -0.39 is 17.4 Å². The minimum atomic E-state index is -0.640. The Hall–Kier alpha value is -2.29. The van der Waals surface area contributed by atoms with E-state index in [9.17, 15) is 4.79 Å². The van der Waals surface area contributed by atoms with E-state index in [2.05, 4.69) is 62.4 Å². The summed E-state index contributed by atoms with van der Waals surface area (Å²) in [6, 6.07) is 17.2. The number of carbonyl (C=O) groups excluding carboxylic acids is 1. The summed E-state index contributed by atoms with van der Waals surface area (Å²) in [5, 5.41) is 0. The van der Waals surface area contributed by atoms with Crippen LogP contribution in [0.2, 0.25) is 0 Å². The fraction of sp³-hybridized carbons (Fsp3) is 0.552. The second-order valence-corrected chi connectivity index (χ2v) is 10.2. The van der Waals surface area contributed by atoms with Gasteiger partial charge >= 0.3 is 6.16 Å². The molecule has 0 spiro atoms. The van der Waals surface area contributed by atoms with Crippen molar-refractivity contribution in [1.82, 2.24) is 0 Å². The Kier molecular flexibility index (Phi) is 9.81. The first-order valence-corrected chi connectivity index (χ1v) is 12.2. The second-order valence-electron chi connectivity index (χ2n) is 10.2. The summed E-state index contributed by atoms with van der Waals surface area (Å²) in [6.07, 6.45) is 7.72. The Morgan fingerprint density at radius 2 is 0.938 bits per heavy atom. The monoisotopic (exact) mass is 438 g/mol. The topological polar surface area (TPSA) is 35.5 Å². The summed E-state index contributed by atoms with van der Waals surface area (Å²) in [7, 11) is 0. The third-order valence-corrected chi connectivity index (χ3v) is 5.66. The number of unbranched alkanes of at least 4 members (excludes halogenated alkanes) is 2. The molecule has 0 unspecified atom stereocenters. The van der Waals surface area contributed by atoms with Crippen molar-refractivity contribution in [1.29, 1.82) is 0 Å². The first kappa shape index (κ1) is 26.0. The quantitative estimate of drug-likeness (QED) is 0.316. The molecule has 2 aromatic carbocycles. The van der Waals surface area contributed by atoms with Crippen molar-refractivity contribution in [3.8, 4) is 0 Å². The van der Waals surface area contributed by atoms with Crippen molar-refractivity contribution >= 4 is 6.16 Å². The van der Waals surface area contributed by atoms with E-state index in [1.165, 1.54) is 36.8 Å². The van der Waals surface area contributed by atoms with Gasteiger partial charge in [0.1, 0.15) is 11.2 Å². The zero-order chi connectivity index (χ0) is 23.6. The van der Waals surface area contributed by atoms with Gasteiger partial charge in [0, 0.05) is 12.8 Å². The van der Waals surface area contributed by atoms with Gasteiger partial charge < -0.3 is 9.47 Å². The van der Waals surface area contributed by atoms with Crippen LogP contribution in [0.4, 0.5) is 4.79 Å². The molecule has 2 aromatic rings. The molecule has 176 valence electrons. The molecule has 32 heavy (non-hydrogen) atoms. The Bertz CT molecular complexity index is 747. The molecule has 0 saturated carbocycles. The predicted octanol–water partition coefficient (Wildman–Crippen LogP) is 7.87. The van der Waals surface area contributed by atoms with Gasteiger partial charge in [-0.25, -0.2) is 4.79 Å². The van der Waals surface area contributed by atoms with Gasteiger partial charge in [0.2, 0.25) is 0 Å². The average Bonchev–Trinajstić information content (AvgIpc) is 2.71. The molecule has 0 atom stereocenters. The summed E-state index contributed by atoms with van der Waals surface area (Å²) in [5.74, 6) is 0. The average molecular weight is 439 g/mol. The Labute approximate surface area is 195 Å². The van der Waals surface area contributed by atoms with Crippen molar-refractivity contribution in [2.24, 2.45) is 0 Å². The normalized spacial score (nSPS) is 11.9. The van der Waals surface area contributed by atoms with Gasteiger partial charge in [0.25, 0.3) is 0 Å². The number of rotatable bonds is 12.